The van der Waals surface area contributed by atoms with Crippen LogP contribution in [0, 0.1) is 0 Å². The Hall–Kier alpha value is -1.13. The van der Waals surface area contributed by atoms with Crippen molar-refractivity contribution in [1.29, 1.82) is 0 Å². The van der Waals surface area contributed by atoms with Crippen molar-refractivity contribution in [2.24, 2.45) is 7.05 Å². The molecule has 12 heavy (non-hydrogen) atoms. The molecule has 1 aliphatic rings. The molecule has 0 unspecified atom stereocenters. The maximum Gasteiger partial charge on any atom is 0.242 e. The summed E-state index contributed by atoms with van der Waals surface area (Å²) in [7, 11) is 1.84. The highest BCUT2D eigenvalue weighted by molar-refractivity contribution is 5.23. The second-order valence-corrected chi connectivity index (χ2v) is 3.25. The van der Waals surface area contributed by atoms with Crippen LogP contribution in [-0.4, -0.2) is 26.2 Å². The molecule has 1 heterocycles. The molecule has 0 aliphatic heterocycles. The molecule has 0 saturated heterocycles. The molecule has 1 saturated carbocycles. The van der Waals surface area contributed by atoms with Gasteiger partial charge in [0.25, 0.3) is 0 Å². The number of rotatable bonds is 2. The molecule has 66 valence electrons. The Morgan fingerprint density at radius 3 is 2.75 bits per heavy atom. The molecule has 0 amide bonds. The molecule has 0 aromatic carbocycles. The number of tetrazole rings is 1. The second-order valence-electron chi connectivity index (χ2n) is 3.25. The Morgan fingerprint density at radius 2 is 2.17 bits per heavy atom. The molecule has 1 aromatic heterocycles. The Morgan fingerprint density at radius 1 is 1.42 bits per heavy atom. The molecule has 5 heteroatoms. The summed E-state index contributed by atoms with van der Waals surface area (Å²) in [6, 6.07) is 0.578. The fourth-order valence-electron chi connectivity index (χ4n) is 1.60. The average molecular weight is 167 g/mol. The van der Waals surface area contributed by atoms with E-state index in [4.69, 9.17) is 0 Å². The van der Waals surface area contributed by atoms with Crippen molar-refractivity contribution in [3.63, 3.8) is 0 Å². The maximum atomic E-state index is 3.87. The van der Waals surface area contributed by atoms with Gasteiger partial charge in [0, 0.05) is 13.1 Å². The van der Waals surface area contributed by atoms with Crippen molar-refractivity contribution in [2.75, 3.05) is 5.32 Å². The summed E-state index contributed by atoms with van der Waals surface area (Å²) in [4.78, 5) is 0. The first-order valence-electron chi connectivity index (χ1n) is 4.35. The molecule has 2 rings (SSSR count). The number of aryl methyl sites for hydroxylation is 1. The summed E-state index contributed by atoms with van der Waals surface area (Å²) in [5.41, 5.74) is 0. The zero-order valence-electron chi connectivity index (χ0n) is 7.19. The van der Waals surface area contributed by atoms with Crippen molar-refractivity contribution in [1.82, 2.24) is 20.2 Å². The van der Waals surface area contributed by atoms with E-state index in [1.165, 1.54) is 25.7 Å². The van der Waals surface area contributed by atoms with Crippen LogP contribution in [0.1, 0.15) is 25.7 Å². The van der Waals surface area contributed by atoms with E-state index in [1.807, 2.05) is 7.05 Å². The summed E-state index contributed by atoms with van der Waals surface area (Å²) < 4.78 is 1.66. The predicted molar refractivity (Wildman–Crippen MR) is 44.7 cm³/mol. The lowest BCUT2D eigenvalue weighted by Crippen LogP contribution is -2.17. The Kier molecular flexibility index (Phi) is 1.93. The number of nitrogens with zero attached hydrogens (tertiary/aromatic N) is 4. The van der Waals surface area contributed by atoms with Gasteiger partial charge in [-0.1, -0.05) is 17.9 Å². The molecule has 0 bridgehead atoms. The third kappa shape index (κ3) is 1.39. The monoisotopic (exact) mass is 167 g/mol. The third-order valence-corrected chi connectivity index (χ3v) is 2.31. The van der Waals surface area contributed by atoms with Gasteiger partial charge in [-0.05, 0) is 23.3 Å². The van der Waals surface area contributed by atoms with Crippen LogP contribution in [0.4, 0.5) is 5.95 Å². The fourth-order valence-corrected chi connectivity index (χ4v) is 1.60. The van der Waals surface area contributed by atoms with E-state index >= 15 is 0 Å². The highest BCUT2D eigenvalue weighted by atomic mass is 15.6. The first-order valence-corrected chi connectivity index (χ1v) is 4.35. The molecule has 0 atom stereocenters. The van der Waals surface area contributed by atoms with Crippen molar-refractivity contribution < 1.29 is 0 Å². The molecular weight excluding hydrogens is 154 g/mol. The maximum absolute atomic E-state index is 3.87. The van der Waals surface area contributed by atoms with Gasteiger partial charge in [-0.15, -0.1) is 0 Å². The molecule has 1 aromatic rings. The fraction of sp³-hybridized carbons (Fsp3) is 0.857. The van der Waals surface area contributed by atoms with Crippen LogP contribution in [0.2, 0.25) is 0 Å². The summed E-state index contributed by atoms with van der Waals surface area (Å²) >= 11 is 0. The van der Waals surface area contributed by atoms with Crippen LogP contribution in [0.25, 0.3) is 0 Å². The number of nitrogens with one attached hydrogen (secondary N) is 1. The van der Waals surface area contributed by atoms with Gasteiger partial charge >= 0.3 is 0 Å². The lowest BCUT2D eigenvalue weighted by Gasteiger charge is -2.10. The number of anilines is 1. The van der Waals surface area contributed by atoms with Crippen LogP contribution >= 0.6 is 0 Å². The molecular formula is C7H13N5. The van der Waals surface area contributed by atoms with Crippen LogP contribution in [-0.2, 0) is 7.05 Å². The molecule has 1 fully saturated rings. The number of hydrogen-bond donors (Lipinski definition) is 1. The van der Waals surface area contributed by atoms with Crippen LogP contribution < -0.4 is 5.32 Å². The van der Waals surface area contributed by atoms with Gasteiger partial charge in [-0.3, -0.25) is 0 Å². The van der Waals surface area contributed by atoms with E-state index in [9.17, 15) is 0 Å². The smallest absolute Gasteiger partial charge is 0.242 e. The van der Waals surface area contributed by atoms with Crippen molar-refractivity contribution in [3.05, 3.63) is 0 Å². The van der Waals surface area contributed by atoms with Gasteiger partial charge in [0.1, 0.15) is 0 Å². The Balaban J connectivity index is 1.98. The first-order chi connectivity index (χ1) is 5.86. The minimum Gasteiger partial charge on any atom is -0.350 e. The summed E-state index contributed by atoms with van der Waals surface area (Å²) in [6.45, 7) is 0. The van der Waals surface area contributed by atoms with Crippen LogP contribution in [0.15, 0.2) is 0 Å². The number of aromatic nitrogens is 4. The van der Waals surface area contributed by atoms with Crippen molar-refractivity contribution >= 4 is 5.95 Å². The van der Waals surface area contributed by atoms with Gasteiger partial charge in [-0.25, -0.2) is 4.68 Å². The molecule has 0 spiro atoms. The Labute approximate surface area is 71.1 Å². The van der Waals surface area contributed by atoms with E-state index in [1.54, 1.807) is 4.68 Å². The molecule has 1 aliphatic carbocycles. The van der Waals surface area contributed by atoms with Gasteiger partial charge < -0.3 is 5.32 Å². The summed E-state index contributed by atoms with van der Waals surface area (Å²) in [5.74, 6) is 0.780. The highest BCUT2D eigenvalue weighted by Crippen LogP contribution is 2.20. The minimum absolute atomic E-state index is 0.578. The van der Waals surface area contributed by atoms with Gasteiger partial charge in [-0.2, -0.15) is 0 Å². The average Bonchev–Trinajstić information content (AvgIpc) is 2.65. The van der Waals surface area contributed by atoms with Crippen molar-refractivity contribution in [3.8, 4) is 0 Å². The third-order valence-electron chi connectivity index (χ3n) is 2.31. The molecule has 0 radical (unpaired) electrons. The van der Waals surface area contributed by atoms with Crippen LogP contribution in [0.3, 0.4) is 0 Å². The van der Waals surface area contributed by atoms with E-state index in [0.717, 1.165) is 5.95 Å². The molecule has 1 N–H and O–H groups in total. The van der Waals surface area contributed by atoms with Gasteiger partial charge in [0.05, 0.1) is 0 Å². The van der Waals surface area contributed by atoms with Crippen LogP contribution in [0.5, 0.6) is 0 Å². The highest BCUT2D eigenvalue weighted by Gasteiger charge is 2.16. The standard InChI is InChI=1S/C7H13N5/c1-12-7(9-10-11-12)8-6-4-2-3-5-6/h6H,2-5H2,1H3,(H,8,9,11). The predicted octanol–water partition coefficient (Wildman–Crippen LogP) is 0.565. The zero-order chi connectivity index (χ0) is 8.39. The normalized spacial score (nSPS) is 18.4. The lowest BCUT2D eigenvalue weighted by atomic mass is 10.3. The Bertz CT molecular complexity index is 250. The van der Waals surface area contributed by atoms with Gasteiger partial charge in [0.2, 0.25) is 5.95 Å². The zero-order valence-corrected chi connectivity index (χ0v) is 7.19. The molecule has 5 nitrogen and oxygen atoms in total. The van der Waals surface area contributed by atoms with Gasteiger partial charge in [0.15, 0.2) is 0 Å². The van der Waals surface area contributed by atoms with Crippen molar-refractivity contribution in [2.45, 2.75) is 31.7 Å². The summed E-state index contributed by atoms with van der Waals surface area (Å²) in [6.07, 6.45) is 5.13. The first kappa shape index (κ1) is 7.52. The topological polar surface area (TPSA) is 55.6 Å². The van der Waals surface area contributed by atoms with E-state index in [-0.39, 0.29) is 0 Å². The number of hydrogen-bond acceptors (Lipinski definition) is 4. The van der Waals surface area contributed by atoms with E-state index in [0.29, 0.717) is 6.04 Å². The lowest BCUT2D eigenvalue weighted by molar-refractivity contribution is 0.690. The van der Waals surface area contributed by atoms with E-state index in [2.05, 4.69) is 20.8 Å². The second kappa shape index (κ2) is 3.08. The van der Waals surface area contributed by atoms with E-state index < -0.39 is 0 Å². The largest absolute Gasteiger partial charge is 0.350 e. The quantitative estimate of drug-likeness (QED) is 0.699. The minimum atomic E-state index is 0.578. The SMILES string of the molecule is Cn1nnnc1NC1CCCC1. The summed E-state index contributed by atoms with van der Waals surface area (Å²) in [5, 5.41) is 14.5.